The van der Waals surface area contributed by atoms with Crippen molar-refractivity contribution in [1.82, 2.24) is 0 Å². The molecule has 0 unspecified atom stereocenters. The van der Waals surface area contributed by atoms with E-state index in [1.54, 1.807) is 0 Å². The van der Waals surface area contributed by atoms with Crippen LogP contribution in [-0.4, -0.2) is 0 Å². The second-order valence-electron chi connectivity index (χ2n) is 0.962. The van der Waals surface area contributed by atoms with Gasteiger partial charge in [0.15, 0.2) is 0 Å². The van der Waals surface area contributed by atoms with E-state index in [4.69, 9.17) is 10.2 Å². The summed E-state index contributed by atoms with van der Waals surface area (Å²) in [5.74, 6) is 0. The summed E-state index contributed by atoms with van der Waals surface area (Å²) in [5, 5.41) is 0. The van der Waals surface area contributed by atoms with E-state index >= 15 is 0 Å². The number of hydrogen-bond donors (Lipinski definition) is 0. The molecule has 0 aliphatic heterocycles. The van der Waals surface area contributed by atoms with Gasteiger partial charge < -0.3 is 0 Å². The summed E-state index contributed by atoms with van der Waals surface area (Å²) in [5.41, 5.74) is 0. The van der Waals surface area contributed by atoms with Crippen molar-refractivity contribution in [3.05, 3.63) is 0 Å². The van der Waals surface area contributed by atoms with Crippen molar-refractivity contribution in [2.45, 2.75) is 0 Å². The zero-order valence-electron chi connectivity index (χ0n) is 2.62. The molecule has 5 nitrogen and oxygen atoms in total. The van der Waals surface area contributed by atoms with Gasteiger partial charge in [0, 0.05) is 0 Å². The van der Waals surface area contributed by atoms with Crippen LogP contribution in [0, 0.1) is 0 Å². The molecule has 0 aromatic rings. The van der Waals surface area contributed by atoms with Crippen LogP contribution >= 0.6 is 0 Å². The molecule has 0 aliphatic carbocycles. The first-order chi connectivity index (χ1) is 2.24. The molecule has 0 saturated heterocycles. The second-order valence-corrected chi connectivity index (χ2v) is 5.69. The number of hydrogen-bond acceptors (Lipinski definition) is 5. The van der Waals surface area contributed by atoms with Crippen molar-refractivity contribution in [2.24, 2.45) is 0 Å². The SMILES string of the molecule is [O]=[Y](=[O])(=[O])(=[O])=[O]. The zero-order chi connectivity index (χ0) is 5.45. The van der Waals surface area contributed by atoms with E-state index in [2.05, 4.69) is 0 Å². The first-order valence-electron chi connectivity index (χ1n) is 1.18. The molecule has 0 heterocycles. The molecule has 0 aromatic carbocycles. The standard InChI is InChI=1S/5O.Y. The summed E-state index contributed by atoms with van der Waals surface area (Å²) < 4.78 is 43.4. The molecule has 6 heavy (non-hydrogen) atoms. The van der Waals surface area contributed by atoms with Gasteiger partial charge in [-0.1, -0.05) is 0 Å². The van der Waals surface area contributed by atoms with Crippen LogP contribution in [0.25, 0.3) is 0 Å². The van der Waals surface area contributed by atoms with Crippen molar-refractivity contribution in [3.8, 4) is 0 Å². The van der Waals surface area contributed by atoms with Crippen LogP contribution in [0.4, 0.5) is 0 Å². The summed E-state index contributed by atoms with van der Waals surface area (Å²) >= 11 is -8.08. The van der Waals surface area contributed by atoms with Crippen LogP contribution in [0.2, 0.25) is 0 Å². The van der Waals surface area contributed by atoms with Crippen molar-refractivity contribution in [3.63, 3.8) is 0 Å². The van der Waals surface area contributed by atoms with Crippen LogP contribution in [0.5, 0.6) is 0 Å². The Morgan fingerprint density at radius 2 is 0.667 bits per heavy atom. The molecule has 6 heteroatoms. The Bertz CT molecular complexity index is 274. The van der Waals surface area contributed by atoms with Crippen LogP contribution in [0.15, 0.2) is 0 Å². The van der Waals surface area contributed by atoms with Gasteiger partial charge in [0.2, 0.25) is 0 Å². The van der Waals surface area contributed by atoms with Crippen molar-refractivity contribution in [1.29, 1.82) is 0 Å². The fourth-order valence-corrected chi connectivity index (χ4v) is 0. The van der Waals surface area contributed by atoms with E-state index in [1.165, 1.54) is 0 Å². The van der Waals surface area contributed by atoms with Crippen LogP contribution in [0.3, 0.4) is 0 Å². The third-order valence-corrected chi connectivity index (χ3v) is 0. The fraction of sp³-hybridized carbons (Fsp3) is 0. The van der Waals surface area contributed by atoms with Gasteiger partial charge in [0.1, 0.15) is 0 Å². The third-order valence-electron chi connectivity index (χ3n) is 0. The molecule has 0 rings (SSSR count). The van der Waals surface area contributed by atoms with E-state index in [0.29, 0.717) is 0 Å². The molecule has 0 N–H and O–H groups in total. The van der Waals surface area contributed by atoms with E-state index in [0.717, 1.165) is 0 Å². The first kappa shape index (κ1) is 6.10. The molecule has 0 atom stereocenters. The van der Waals surface area contributed by atoms with Gasteiger partial charge in [-0.25, -0.2) is 0 Å². The minimum atomic E-state index is -8.08. The van der Waals surface area contributed by atoms with Crippen molar-refractivity contribution in [2.75, 3.05) is 0 Å². The predicted molar refractivity (Wildman–Crippen MR) is 3.43 cm³/mol. The predicted octanol–water partition coefficient (Wildman–Crippen LogP) is -0.597. The Balaban J connectivity index is 7.45. The number of rotatable bonds is 0. The van der Waals surface area contributed by atoms with E-state index in [9.17, 15) is 0 Å². The Morgan fingerprint density at radius 1 is 0.667 bits per heavy atom. The quantitative estimate of drug-likeness (QED) is 0.483. The average molecular weight is 169 g/mol. The molecule has 0 saturated carbocycles. The van der Waals surface area contributed by atoms with Gasteiger partial charge in [-0.05, 0) is 0 Å². The summed E-state index contributed by atoms with van der Waals surface area (Å²) in [6.07, 6.45) is 0. The Morgan fingerprint density at radius 3 is 0.667 bits per heavy atom. The minimum absolute atomic E-state index is 8.08. The summed E-state index contributed by atoms with van der Waals surface area (Å²) in [6.45, 7) is 0. The van der Waals surface area contributed by atoms with Gasteiger partial charge in [0.05, 0.1) is 0 Å². The van der Waals surface area contributed by atoms with E-state index < -0.39 is 24.2 Å². The molecule has 0 amide bonds. The monoisotopic (exact) mass is 169 g/mol. The zero-order valence-corrected chi connectivity index (χ0v) is 5.46. The van der Waals surface area contributed by atoms with Gasteiger partial charge in [-0.2, -0.15) is 0 Å². The van der Waals surface area contributed by atoms with Crippen molar-refractivity contribution < 1.29 is 34.4 Å². The fourth-order valence-electron chi connectivity index (χ4n) is 0. The van der Waals surface area contributed by atoms with Crippen LogP contribution in [-0.2, 0) is 34.4 Å². The maximum atomic E-state index is 8.68. The second kappa shape index (κ2) is 0.842. The summed E-state index contributed by atoms with van der Waals surface area (Å²) in [7, 11) is 0. The van der Waals surface area contributed by atoms with Crippen LogP contribution in [0.1, 0.15) is 0 Å². The Kier molecular flexibility index (Phi) is 0.857. The first-order valence-corrected chi connectivity index (χ1v) is 6.97. The third kappa shape index (κ3) is 3660. The van der Waals surface area contributed by atoms with Crippen molar-refractivity contribution >= 4 is 0 Å². The molecule has 33 valence electrons. The molecular formula is O5Y. The molecule has 0 bridgehead atoms. The molecule has 0 fully saturated rings. The molecular weight excluding hydrogens is 169 g/mol. The Labute approximate surface area is 34.5 Å². The molecule has 0 aliphatic rings. The van der Waals surface area contributed by atoms with Gasteiger partial charge in [-0.15, -0.1) is 0 Å². The topological polar surface area (TPSA) is 85.3 Å². The Hall–Kier alpha value is 0.104. The molecule has 0 radical (unpaired) electrons. The maximum absolute atomic E-state index is 8.68. The summed E-state index contributed by atoms with van der Waals surface area (Å²) in [4.78, 5) is 0. The van der Waals surface area contributed by atoms with Gasteiger partial charge >= 0.3 is 34.4 Å². The average Bonchev–Trinajstić information content (AvgIpc) is 0.650. The molecule has 0 spiro atoms. The molecule has 0 aromatic heterocycles. The van der Waals surface area contributed by atoms with E-state index in [1.807, 2.05) is 0 Å². The summed E-state index contributed by atoms with van der Waals surface area (Å²) in [6, 6.07) is 0. The van der Waals surface area contributed by atoms with E-state index in [-0.39, 0.29) is 0 Å². The van der Waals surface area contributed by atoms with Gasteiger partial charge in [0.25, 0.3) is 0 Å². The van der Waals surface area contributed by atoms with Gasteiger partial charge in [-0.3, -0.25) is 0 Å². The normalized spacial score (nSPS) is 5.83. The van der Waals surface area contributed by atoms with Crippen LogP contribution < -0.4 is 0 Å².